The van der Waals surface area contributed by atoms with E-state index in [-0.39, 0.29) is 15.5 Å². The zero-order valence-corrected chi connectivity index (χ0v) is 15.9. The van der Waals surface area contributed by atoms with Crippen molar-refractivity contribution < 1.29 is 26.1 Å². The fourth-order valence-corrected chi connectivity index (χ4v) is 5.16. The molecular weight excluding hydrogens is 401 g/mol. The highest BCUT2D eigenvalue weighted by molar-refractivity contribution is 7.93. The third-order valence-corrected chi connectivity index (χ3v) is 6.54. The van der Waals surface area contributed by atoms with E-state index in [1.54, 1.807) is 19.1 Å². The third-order valence-electron chi connectivity index (χ3n) is 3.85. The third kappa shape index (κ3) is 4.01. The smallest absolute Gasteiger partial charge is 0.351 e. The van der Waals surface area contributed by atoms with Crippen LogP contribution in [0, 0.1) is 6.92 Å². The van der Waals surface area contributed by atoms with Crippen LogP contribution in [0.4, 0.5) is 18.9 Å². The molecule has 3 rings (SSSR count). The summed E-state index contributed by atoms with van der Waals surface area (Å²) >= 11 is 1.03. The maximum absolute atomic E-state index is 12.8. The van der Waals surface area contributed by atoms with E-state index in [1.807, 2.05) is 19.1 Å². The molecule has 144 valence electrons. The molecule has 1 aromatic carbocycles. The number of alkyl halides is 3. The van der Waals surface area contributed by atoms with E-state index in [1.165, 1.54) is 6.07 Å². The first-order chi connectivity index (χ1) is 12.6. The molecule has 0 spiro atoms. The standard InChI is InChI=1S/C17H15F3N2O3S2/c1-3-11-6-4-5-7-12(11)22-27(23,24)15-9-14(26-10(15)2)13-8-16(25-21-13)17(18,19)20/h4-9,22H,3H2,1-2H3. The number of benzene rings is 1. The molecule has 10 heteroatoms. The Kier molecular flexibility index (Phi) is 5.04. The van der Waals surface area contributed by atoms with Gasteiger partial charge in [-0.2, -0.15) is 13.2 Å². The molecule has 0 aliphatic heterocycles. The van der Waals surface area contributed by atoms with Crippen molar-refractivity contribution >= 4 is 27.0 Å². The molecule has 3 aromatic rings. The van der Waals surface area contributed by atoms with Crippen LogP contribution in [-0.2, 0) is 22.6 Å². The first kappa shape index (κ1) is 19.4. The van der Waals surface area contributed by atoms with Gasteiger partial charge in [0.2, 0.25) is 5.76 Å². The predicted molar refractivity (Wildman–Crippen MR) is 96.2 cm³/mol. The van der Waals surface area contributed by atoms with Crippen molar-refractivity contribution in [2.24, 2.45) is 0 Å². The van der Waals surface area contributed by atoms with Crippen molar-refractivity contribution in [3.63, 3.8) is 0 Å². The molecule has 0 fully saturated rings. The first-order valence-corrected chi connectivity index (χ1v) is 10.2. The van der Waals surface area contributed by atoms with E-state index >= 15 is 0 Å². The maximum atomic E-state index is 12.8. The normalized spacial score (nSPS) is 12.3. The summed E-state index contributed by atoms with van der Waals surface area (Å²) in [5.41, 5.74) is 1.24. The lowest BCUT2D eigenvalue weighted by Gasteiger charge is -2.11. The Balaban J connectivity index is 1.95. The molecule has 2 aromatic heterocycles. The lowest BCUT2D eigenvalue weighted by molar-refractivity contribution is -0.155. The average molecular weight is 416 g/mol. The van der Waals surface area contributed by atoms with Gasteiger partial charge in [-0.25, -0.2) is 8.42 Å². The molecule has 0 saturated heterocycles. The minimum absolute atomic E-state index is 0.00929. The van der Waals surface area contributed by atoms with E-state index in [9.17, 15) is 21.6 Å². The summed E-state index contributed by atoms with van der Waals surface area (Å²) in [4.78, 5) is 0.698. The van der Waals surface area contributed by atoms with E-state index in [2.05, 4.69) is 14.4 Å². The van der Waals surface area contributed by atoms with Crippen LogP contribution in [-0.4, -0.2) is 13.6 Å². The van der Waals surface area contributed by atoms with Gasteiger partial charge >= 0.3 is 6.18 Å². The van der Waals surface area contributed by atoms with Crippen LogP contribution in [0.5, 0.6) is 0 Å². The van der Waals surface area contributed by atoms with Crippen molar-refractivity contribution in [2.45, 2.75) is 31.3 Å². The van der Waals surface area contributed by atoms with E-state index in [0.717, 1.165) is 23.0 Å². The maximum Gasteiger partial charge on any atom is 0.452 e. The van der Waals surface area contributed by atoms with Crippen LogP contribution in [0.1, 0.15) is 23.1 Å². The van der Waals surface area contributed by atoms with Crippen LogP contribution in [0.15, 0.2) is 45.8 Å². The zero-order chi connectivity index (χ0) is 19.8. The minimum Gasteiger partial charge on any atom is -0.351 e. The highest BCUT2D eigenvalue weighted by Gasteiger charge is 2.36. The SMILES string of the molecule is CCc1ccccc1NS(=O)(=O)c1cc(-c2cc(C(F)(F)F)on2)sc1C. The number of halogens is 3. The van der Waals surface area contributed by atoms with Gasteiger partial charge in [0.25, 0.3) is 10.0 Å². The highest BCUT2D eigenvalue weighted by atomic mass is 32.2. The second-order valence-corrected chi connectivity index (χ2v) is 8.63. The lowest BCUT2D eigenvalue weighted by Crippen LogP contribution is -2.14. The van der Waals surface area contributed by atoms with Gasteiger partial charge in [-0.3, -0.25) is 4.72 Å². The van der Waals surface area contributed by atoms with Crippen molar-refractivity contribution in [2.75, 3.05) is 4.72 Å². The van der Waals surface area contributed by atoms with Crippen LogP contribution in [0.2, 0.25) is 0 Å². The Bertz CT molecular complexity index is 1070. The number of hydrogen-bond donors (Lipinski definition) is 1. The molecule has 0 bridgehead atoms. The number of nitrogens with zero attached hydrogens (tertiary/aromatic N) is 1. The molecule has 0 atom stereocenters. The number of aromatic nitrogens is 1. The fourth-order valence-electron chi connectivity index (χ4n) is 2.51. The number of nitrogens with one attached hydrogen (secondary N) is 1. The second kappa shape index (κ2) is 7.01. The van der Waals surface area contributed by atoms with Crippen molar-refractivity contribution in [3.05, 3.63) is 52.6 Å². The van der Waals surface area contributed by atoms with Gasteiger partial charge in [-0.1, -0.05) is 30.3 Å². The van der Waals surface area contributed by atoms with Crippen molar-refractivity contribution in [1.29, 1.82) is 0 Å². The molecule has 0 saturated carbocycles. The largest absolute Gasteiger partial charge is 0.452 e. The number of thiophene rings is 1. The molecule has 1 N–H and O–H groups in total. The Hall–Kier alpha value is -2.33. The van der Waals surface area contributed by atoms with Gasteiger partial charge in [-0.15, -0.1) is 11.3 Å². The summed E-state index contributed by atoms with van der Waals surface area (Å²) in [5.74, 6) is -1.23. The highest BCUT2D eigenvalue weighted by Crippen LogP contribution is 2.37. The number of para-hydroxylation sites is 1. The Labute approximate surface area is 157 Å². The van der Waals surface area contributed by atoms with Crippen LogP contribution in [0.3, 0.4) is 0 Å². The first-order valence-electron chi connectivity index (χ1n) is 7.87. The molecule has 0 radical (unpaired) electrons. The summed E-state index contributed by atoms with van der Waals surface area (Å²) in [6.07, 6.45) is -4.01. The Morgan fingerprint density at radius 2 is 1.93 bits per heavy atom. The van der Waals surface area contributed by atoms with Gasteiger partial charge in [0.1, 0.15) is 10.6 Å². The Morgan fingerprint density at radius 1 is 1.22 bits per heavy atom. The zero-order valence-electron chi connectivity index (χ0n) is 14.3. The molecular formula is C17H15F3N2O3S2. The summed E-state index contributed by atoms with van der Waals surface area (Å²) in [6.45, 7) is 3.49. The molecule has 0 aliphatic rings. The molecule has 27 heavy (non-hydrogen) atoms. The summed E-state index contributed by atoms with van der Waals surface area (Å²) in [6, 6.07) is 9.06. The van der Waals surface area contributed by atoms with E-state index < -0.39 is 22.0 Å². The summed E-state index contributed by atoms with van der Waals surface area (Å²) < 4.78 is 70.4. The average Bonchev–Trinajstić information content (AvgIpc) is 3.21. The quantitative estimate of drug-likeness (QED) is 0.629. The van der Waals surface area contributed by atoms with Gasteiger partial charge in [0.15, 0.2) is 0 Å². The fraction of sp³-hybridized carbons (Fsp3) is 0.235. The molecule has 2 heterocycles. The summed E-state index contributed by atoms with van der Waals surface area (Å²) in [5, 5.41) is 3.40. The number of sulfonamides is 1. The monoisotopic (exact) mass is 416 g/mol. The number of hydrogen-bond acceptors (Lipinski definition) is 5. The van der Waals surface area contributed by atoms with E-state index in [0.29, 0.717) is 17.0 Å². The minimum atomic E-state index is -4.65. The predicted octanol–water partition coefficient (Wildman–Crippen LogP) is 5.09. The number of aryl methyl sites for hydroxylation is 2. The molecule has 0 unspecified atom stereocenters. The second-order valence-electron chi connectivity index (χ2n) is 5.72. The topological polar surface area (TPSA) is 72.2 Å². The number of anilines is 1. The van der Waals surface area contributed by atoms with Crippen LogP contribution in [0.25, 0.3) is 10.6 Å². The van der Waals surface area contributed by atoms with Crippen LogP contribution < -0.4 is 4.72 Å². The van der Waals surface area contributed by atoms with Gasteiger partial charge < -0.3 is 4.52 Å². The van der Waals surface area contributed by atoms with E-state index in [4.69, 9.17) is 0 Å². The number of rotatable bonds is 5. The van der Waals surface area contributed by atoms with Gasteiger partial charge in [-0.05, 0) is 31.0 Å². The van der Waals surface area contributed by atoms with Gasteiger partial charge in [0, 0.05) is 10.9 Å². The van der Waals surface area contributed by atoms with Gasteiger partial charge in [0.05, 0.1) is 10.6 Å². The molecule has 5 nitrogen and oxygen atoms in total. The van der Waals surface area contributed by atoms with Crippen molar-refractivity contribution in [3.8, 4) is 10.6 Å². The van der Waals surface area contributed by atoms with Crippen LogP contribution >= 0.6 is 11.3 Å². The molecule has 0 aliphatic carbocycles. The Morgan fingerprint density at radius 3 is 2.56 bits per heavy atom. The lowest BCUT2D eigenvalue weighted by atomic mass is 10.1. The molecule has 0 amide bonds. The summed E-state index contributed by atoms with van der Waals surface area (Å²) in [7, 11) is -3.91. The van der Waals surface area contributed by atoms with Crippen molar-refractivity contribution in [1.82, 2.24) is 5.16 Å².